The number of nitrogens with one attached hydrogen (secondary N) is 1. The molecular formula is C16H18ClN3O3. The Kier molecular flexibility index (Phi) is 4.93. The largest absolute Gasteiger partial charge is 0.378 e. The SMILES string of the molecule is CCO[C@@H]1C[C@H]1C(=O)NCCc1nc(-c2ccc(Cl)cc2)no1. The van der Waals surface area contributed by atoms with Crippen LogP contribution in [-0.4, -0.2) is 35.3 Å². The standard InChI is InChI=1S/C16H18ClN3O3/c1-2-22-13-9-12(13)16(21)18-8-7-14-19-15(20-23-14)10-3-5-11(17)6-4-10/h3-6,12-13H,2,7-9H2,1H3,(H,18,21)/t12-,13-/m1/s1. The number of nitrogens with zero attached hydrogens (tertiary/aromatic N) is 2. The summed E-state index contributed by atoms with van der Waals surface area (Å²) >= 11 is 5.85. The Bertz CT molecular complexity index is 671. The van der Waals surface area contributed by atoms with Gasteiger partial charge in [0.1, 0.15) is 0 Å². The molecule has 2 aromatic rings. The molecule has 0 saturated heterocycles. The van der Waals surface area contributed by atoms with Crippen molar-refractivity contribution < 1.29 is 14.1 Å². The minimum Gasteiger partial charge on any atom is -0.378 e. The van der Waals surface area contributed by atoms with Gasteiger partial charge in [0, 0.05) is 30.2 Å². The maximum Gasteiger partial charge on any atom is 0.228 e. The van der Waals surface area contributed by atoms with Gasteiger partial charge in [-0.2, -0.15) is 4.98 Å². The summed E-state index contributed by atoms with van der Waals surface area (Å²) in [7, 11) is 0. The minimum atomic E-state index is -0.0118. The summed E-state index contributed by atoms with van der Waals surface area (Å²) in [4.78, 5) is 16.2. The van der Waals surface area contributed by atoms with Crippen LogP contribution in [0.2, 0.25) is 5.02 Å². The molecule has 0 aliphatic heterocycles. The number of carbonyl (C=O) groups excluding carboxylic acids is 1. The van der Waals surface area contributed by atoms with Gasteiger partial charge in [-0.05, 0) is 37.6 Å². The fourth-order valence-electron chi connectivity index (χ4n) is 2.34. The normalized spacial score (nSPS) is 19.6. The van der Waals surface area contributed by atoms with Crippen LogP contribution in [0.25, 0.3) is 11.4 Å². The number of carbonyl (C=O) groups is 1. The van der Waals surface area contributed by atoms with E-state index in [2.05, 4.69) is 15.5 Å². The van der Waals surface area contributed by atoms with Crippen molar-refractivity contribution in [3.63, 3.8) is 0 Å². The minimum absolute atomic E-state index is 0.0118. The Morgan fingerprint density at radius 1 is 1.43 bits per heavy atom. The Balaban J connectivity index is 1.46. The fraction of sp³-hybridized carbons (Fsp3) is 0.438. The van der Waals surface area contributed by atoms with E-state index in [0.717, 1.165) is 12.0 Å². The lowest BCUT2D eigenvalue weighted by atomic mass is 10.2. The molecule has 2 atom stereocenters. The van der Waals surface area contributed by atoms with E-state index in [0.29, 0.717) is 36.3 Å². The first-order valence-electron chi connectivity index (χ1n) is 7.65. The Labute approximate surface area is 139 Å². The fourth-order valence-corrected chi connectivity index (χ4v) is 2.47. The third-order valence-electron chi connectivity index (χ3n) is 3.66. The average molecular weight is 336 g/mol. The smallest absolute Gasteiger partial charge is 0.228 e. The molecule has 1 aromatic heterocycles. The third kappa shape index (κ3) is 4.09. The van der Waals surface area contributed by atoms with E-state index in [1.165, 1.54) is 0 Å². The van der Waals surface area contributed by atoms with Crippen LogP contribution < -0.4 is 5.32 Å². The molecule has 0 unspecified atom stereocenters. The quantitative estimate of drug-likeness (QED) is 0.841. The molecule has 1 heterocycles. The Morgan fingerprint density at radius 2 is 2.22 bits per heavy atom. The predicted molar refractivity (Wildman–Crippen MR) is 85.0 cm³/mol. The van der Waals surface area contributed by atoms with Gasteiger partial charge < -0.3 is 14.6 Å². The van der Waals surface area contributed by atoms with Gasteiger partial charge in [0.05, 0.1) is 12.0 Å². The van der Waals surface area contributed by atoms with Gasteiger partial charge in [-0.15, -0.1) is 0 Å². The summed E-state index contributed by atoms with van der Waals surface area (Å²) < 4.78 is 10.6. The topological polar surface area (TPSA) is 77.2 Å². The van der Waals surface area contributed by atoms with E-state index >= 15 is 0 Å². The highest BCUT2D eigenvalue weighted by Gasteiger charge is 2.43. The van der Waals surface area contributed by atoms with E-state index in [1.807, 2.05) is 19.1 Å². The summed E-state index contributed by atoms with van der Waals surface area (Å²) in [5, 5.41) is 7.47. The molecule has 1 aromatic carbocycles. The number of amides is 1. The summed E-state index contributed by atoms with van der Waals surface area (Å²) in [5.41, 5.74) is 0.839. The summed E-state index contributed by atoms with van der Waals surface area (Å²) in [6.45, 7) is 3.04. The first kappa shape index (κ1) is 16.0. The molecule has 3 rings (SSSR count). The van der Waals surface area contributed by atoms with Gasteiger partial charge in [-0.1, -0.05) is 16.8 Å². The molecule has 0 radical (unpaired) electrons. The number of aromatic nitrogens is 2. The molecule has 1 aliphatic rings. The van der Waals surface area contributed by atoms with Gasteiger partial charge in [0.15, 0.2) is 0 Å². The van der Waals surface area contributed by atoms with Gasteiger partial charge in [-0.3, -0.25) is 4.79 Å². The molecule has 122 valence electrons. The molecule has 0 spiro atoms. The summed E-state index contributed by atoms with van der Waals surface area (Å²) in [5.74, 6) is 1.03. The van der Waals surface area contributed by atoms with Crippen LogP contribution in [0.4, 0.5) is 0 Å². The van der Waals surface area contributed by atoms with Gasteiger partial charge >= 0.3 is 0 Å². The van der Waals surface area contributed by atoms with E-state index in [4.69, 9.17) is 20.9 Å². The van der Waals surface area contributed by atoms with E-state index in [1.54, 1.807) is 12.1 Å². The number of halogens is 1. The van der Waals surface area contributed by atoms with Crippen LogP contribution in [0.15, 0.2) is 28.8 Å². The maximum absolute atomic E-state index is 11.9. The van der Waals surface area contributed by atoms with Gasteiger partial charge in [-0.25, -0.2) is 0 Å². The number of hydrogen-bond donors (Lipinski definition) is 1. The molecule has 1 amide bonds. The van der Waals surface area contributed by atoms with Crippen molar-refractivity contribution in [2.45, 2.75) is 25.9 Å². The van der Waals surface area contributed by atoms with E-state index in [9.17, 15) is 4.79 Å². The molecule has 1 fully saturated rings. The second kappa shape index (κ2) is 7.10. The lowest BCUT2D eigenvalue weighted by molar-refractivity contribution is -0.123. The van der Waals surface area contributed by atoms with Gasteiger partial charge in [0.25, 0.3) is 0 Å². The lowest BCUT2D eigenvalue weighted by Gasteiger charge is -2.02. The highest BCUT2D eigenvalue weighted by molar-refractivity contribution is 6.30. The van der Waals surface area contributed by atoms with Crippen LogP contribution in [0.1, 0.15) is 19.2 Å². The van der Waals surface area contributed by atoms with Crippen LogP contribution in [-0.2, 0) is 16.0 Å². The zero-order valence-corrected chi connectivity index (χ0v) is 13.5. The van der Waals surface area contributed by atoms with Crippen LogP contribution in [0.5, 0.6) is 0 Å². The van der Waals surface area contributed by atoms with Crippen molar-refractivity contribution in [2.24, 2.45) is 5.92 Å². The van der Waals surface area contributed by atoms with Crippen molar-refractivity contribution in [1.82, 2.24) is 15.5 Å². The molecule has 7 heteroatoms. The highest BCUT2D eigenvalue weighted by atomic mass is 35.5. The highest BCUT2D eigenvalue weighted by Crippen LogP contribution is 2.33. The summed E-state index contributed by atoms with van der Waals surface area (Å²) in [6.07, 6.45) is 1.39. The number of hydrogen-bond acceptors (Lipinski definition) is 5. The first-order chi connectivity index (χ1) is 11.2. The summed E-state index contributed by atoms with van der Waals surface area (Å²) in [6, 6.07) is 7.22. The van der Waals surface area contributed by atoms with Crippen molar-refractivity contribution in [2.75, 3.05) is 13.2 Å². The molecular weight excluding hydrogens is 318 g/mol. The molecule has 0 bridgehead atoms. The van der Waals surface area contributed by atoms with Crippen molar-refractivity contribution in [1.29, 1.82) is 0 Å². The second-order valence-corrected chi connectivity index (χ2v) is 5.83. The number of rotatable bonds is 7. The number of ether oxygens (including phenoxy) is 1. The van der Waals surface area contributed by atoms with Crippen LogP contribution in [0, 0.1) is 5.92 Å². The maximum atomic E-state index is 11.9. The lowest BCUT2D eigenvalue weighted by Crippen LogP contribution is -2.28. The Morgan fingerprint density at radius 3 is 2.96 bits per heavy atom. The predicted octanol–water partition coefficient (Wildman–Crippen LogP) is 2.47. The average Bonchev–Trinajstić information content (AvgIpc) is 3.16. The zero-order valence-electron chi connectivity index (χ0n) is 12.8. The molecule has 23 heavy (non-hydrogen) atoms. The first-order valence-corrected chi connectivity index (χ1v) is 8.03. The van der Waals surface area contributed by atoms with Crippen LogP contribution in [0.3, 0.4) is 0 Å². The van der Waals surface area contributed by atoms with E-state index in [-0.39, 0.29) is 17.9 Å². The monoisotopic (exact) mass is 335 g/mol. The van der Waals surface area contributed by atoms with E-state index < -0.39 is 0 Å². The molecule has 1 N–H and O–H groups in total. The number of benzene rings is 1. The molecule has 1 saturated carbocycles. The van der Waals surface area contributed by atoms with Gasteiger partial charge in [0.2, 0.25) is 17.6 Å². The third-order valence-corrected chi connectivity index (χ3v) is 3.91. The second-order valence-electron chi connectivity index (χ2n) is 5.40. The zero-order chi connectivity index (χ0) is 16.2. The molecule has 1 aliphatic carbocycles. The van der Waals surface area contributed by atoms with Crippen molar-refractivity contribution in [3.8, 4) is 11.4 Å². The molecule has 6 nitrogen and oxygen atoms in total. The van der Waals surface area contributed by atoms with Crippen LogP contribution >= 0.6 is 11.6 Å². The van der Waals surface area contributed by atoms with Crippen molar-refractivity contribution >= 4 is 17.5 Å². The Hall–Kier alpha value is -1.92. The van der Waals surface area contributed by atoms with Crippen molar-refractivity contribution in [3.05, 3.63) is 35.2 Å².